The lowest BCUT2D eigenvalue weighted by atomic mass is 10.1. The van der Waals surface area contributed by atoms with Crippen molar-refractivity contribution >= 4 is 5.91 Å². The summed E-state index contributed by atoms with van der Waals surface area (Å²) in [5.74, 6) is -0.695. The first-order chi connectivity index (χ1) is 9.49. The molecule has 1 aromatic rings. The van der Waals surface area contributed by atoms with Crippen LogP contribution in [0, 0.1) is 5.82 Å². The Morgan fingerprint density at radius 3 is 2.65 bits per heavy atom. The van der Waals surface area contributed by atoms with Gasteiger partial charge in [0, 0.05) is 12.1 Å². The number of benzene rings is 1. The first kappa shape index (κ1) is 14.9. The van der Waals surface area contributed by atoms with Crippen molar-refractivity contribution in [2.45, 2.75) is 18.2 Å². The Hall–Kier alpha value is -1.50. The molecule has 1 aromatic carbocycles. The molecule has 1 heterocycles. The van der Waals surface area contributed by atoms with E-state index in [1.807, 2.05) is 19.0 Å². The topological polar surface area (TPSA) is 61.8 Å². The van der Waals surface area contributed by atoms with Gasteiger partial charge in [-0.25, -0.2) is 4.39 Å². The van der Waals surface area contributed by atoms with Crippen molar-refractivity contribution in [2.24, 2.45) is 0 Å². The zero-order chi connectivity index (χ0) is 14.7. The number of aliphatic hydroxyl groups is 1. The molecule has 0 aliphatic carbocycles. The minimum absolute atomic E-state index is 0.0669. The van der Waals surface area contributed by atoms with Crippen molar-refractivity contribution in [1.82, 2.24) is 10.2 Å². The maximum Gasteiger partial charge on any atom is 0.251 e. The second kappa shape index (κ2) is 6.30. The van der Waals surface area contributed by atoms with Crippen LogP contribution in [0.2, 0.25) is 0 Å². The van der Waals surface area contributed by atoms with Crippen LogP contribution in [-0.4, -0.2) is 61.4 Å². The fourth-order valence-corrected chi connectivity index (χ4v) is 2.20. The maximum atomic E-state index is 12.8. The first-order valence-electron chi connectivity index (χ1n) is 6.49. The lowest BCUT2D eigenvalue weighted by molar-refractivity contribution is 0.0361. The number of rotatable bonds is 4. The van der Waals surface area contributed by atoms with Gasteiger partial charge in [0.2, 0.25) is 0 Å². The summed E-state index contributed by atoms with van der Waals surface area (Å²) in [6.45, 7) is 0.660. The second-order valence-corrected chi connectivity index (χ2v) is 5.11. The van der Waals surface area contributed by atoms with Gasteiger partial charge < -0.3 is 20.1 Å². The molecular weight excluding hydrogens is 263 g/mol. The minimum Gasteiger partial charge on any atom is -0.389 e. The lowest BCUT2D eigenvalue weighted by Gasteiger charge is -2.22. The SMILES string of the molecule is CN(C)[C@@H]1CO[C@H](CNC(=O)c2ccc(F)cc2)[C@H]1O. The number of hydrogen-bond donors (Lipinski definition) is 2. The number of carbonyl (C=O) groups is 1. The monoisotopic (exact) mass is 282 g/mol. The van der Waals surface area contributed by atoms with Gasteiger partial charge in [-0.05, 0) is 38.4 Å². The highest BCUT2D eigenvalue weighted by atomic mass is 19.1. The largest absolute Gasteiger partial charge is 0.389 e. The van der Waals surface area contributed by atoms with Crippen LogP contribution >= 0.6 is 0 Å². The molecule has 1 fully saturated rings. The van der Waals surface area contributed by atoms with Gasteiger partial charge in [0.05, 0.1) is 18.8 Å². The summed E-state index contributed by atoms with van der Waals surface area (Å²) in [4.78, 5) is 13.7. The van der Waals surface area contributed by atoms with Crippen LogP contribution < -0.4 is 5.32 Å². The number of hydrogen-bond acceptors (Lipinski definition) is 4. The quantitative estimate of drug-likeness (QED) is 0.831. The molecule has 20 heavy (non-hydrogen) atoms. The predicted octanol–water partition coefficient (Wildman–Crippen LogP) is 0.245. The molecule has 1 saturated heterocycles. The van der Waals surface area contributed by atoms with E-state index in [1.54, 1.807) is 0 Å². The van der Waals surface area contributed by atoms with E-state index in [9.17, 15) is 14.3 Å². The molecule has 1 aliphatic heterocycles. The van der Waals surface area contributed by atoms with Gasteiger partial charge in [0.25, 0.3) is 5.91 Å². The first-order valence-corrected chi connectivity index (χ1v) is 6.49. The normalized spacial score (nSPS) is 25.9. The van der Waals surface area contributed by atoms with Crippen molar-refractivity contribution in [3.63, 3.8) is 0 Å². The van der Waals surface area contributed by atoms with Crippen molar-refractivity contribution in [2.75, 3.05) is 27.2 Å². The van der Waals surface area contributed by atoms with E-state index in [4.69, 9.17) is 4.74 Å². The Balaban J connectivity index is 1.86. The van der Waals surface area contributed by atoms with Crippen LogP contribution in [-0.2, 0) is 4.74 Å². The molecule has 0 radical (unpaired) electrons. The van der Waals surface area contributed by atoms with Gasteiger partial charge in [-0.1, -0.05) is 0 Å². The molecular formula is C14H19FN2O3. The zero-order valence-electron chi connectivity index (χ0n) is 11.5. The minimum atomic E-state index is -0.640. The number of amides is 1. The molecule has 2 rings (SSSR count). The predicted molar refractivity (Wildman–Crippen MR) is 72.0 cm³/mol. The molecule has 6 heteroatoms. The molecule has 0 spiro atoms. The fraction of sp³-hybridized carbons (Fsp3) is 0.500. The van der Waals surface area contributed by atoms with Gasteiger partial charge in [0.15, 0.2) is 0 Å². The lowest BCUT2D eigenvalue weighted by Crippen LogP contribution is -2.44. The molecule has 110 valence electrons. The number of nitrogens with one attached hydrogen (secondary N) is 1. The second-order valence-electron chi connectivity index (χ2n) is 5.11. The highest BCUT2D eigenvalue weighted by molar-refractivity contribution is 5.94. The Kier molecular flexibility index (Phi) is 4.69. The summed E-state index contributed by atoms with van der Waals surface area (Å²) in [6, 6.07) is 5.23. The standard InChI is InChI=1S/C14H19FN2O3/c1-17(2)11-8-20-12(13(11)18)7-16-14(19)9-3-5-10(15)6-4-9/h3-6,11-13,18H,7-8H2,1-2H3,(H,16,19)/t11-,12-,13+/m1/s1. The molecule has 1 aliphatic rings. The van der Waals surface area contributed by atoms with Crippen LogP contribution in [0.4, 0.5) is 4.39 Å². The molecule has 1 amide bonds. The van der Waals surface area contributed by atoms with Crippen molar-refractivity contribution in [1.29, 1.82) is 0 Å². The smallest absolute Gasteiger partial charge is 0.251 e. The van der Waals surface area contributed by atoms with Gasteiger partial charge in [-0.3, -0.25) is 4.79 Å². The molecule has 0 unspecified atom stereocenters. The summed E-state index contributed by atoms with van der Waals surface area (Å²) >= 11 is 0. The number of likely N-dealkylation sites (N-methyl/N-ethyl adjacent to an activating group) is 1. The Morgan fingerprint density at radius 2 is 2.10 bits per heavy atom. The summed E-state index contributed by atoms with van der Waals surface area (Å²) < 4.78 is 18.2. The Morgan fingerprint density at radius 1 is 1.45 bits per heavy atom. The van der Waals surface area contributed by atoms with E-state index in [0.717, 1.165) is 0 Å². The van der Waals surface area contributed by atoms with Crippen molar-refractivity contribution in [3.05, 3.63) is 35.6 Å². The fourth-order valence-electron chi connectivity index (χ4n) is 2.20. The van der Waals surface area contributed by atoms with Crippen LogP contribution in [0.25, 0.3) is 0 Å². The van der Waals surface area contributed by atoms with Crippen LogP contribution in [0.1, 0.15) is 10.4 Å². The molecule has 5 nitrogen and oxygen atoms in total. The van der Waals surface area contributed by atoms with E-state index in [2.05, 4.69) is 5.32 Å². The summed E-state index contributed by atoms with van der Waals surface area (Å²) in [7, 11) is 3.74. The van der Waals surface area contributed by atoms with Gasteiger partial charge >= 0.3 is 0 Å². The van der Waals surface area contributed by atoms with Crippen molar-refractivity contribution < 1.29 is 19.0 Å². The van der Waals surface area contributed by atoms with Gasteiger partial charge in [-0.2, -0.15) is 0 Å². The highest BCUT2D eigenvalue weighted by Gasteiger charge is 2.37. The third kappa shape index (κ3) is 3.33. The maximum absolute atomic E-state index is 12.8. The third-order valence-electron chi connectivity index (χ3n) is 3.49. The Labute approximate surface area is 117 Å². The van der Waals surface area contributed by atoms with Crippen LogP contribution in [0.3, 0.4) is 0 Å². The van der Waals surface area contributed by atoms with Crippen LogP contribution in [0.5, 0.6) is 0 Å². The molecule has 3 atom stereocenters. The van der Waals surface area contributed by atoms with Crippen molar-refractivity contribution in [3.8, 4) is 0 Å². The number of carbonyl (C=O) groups excluding carboxylic acids is 1. The van der Waals surface area contributed by atoms with E-state index in [1.165, 1.54) is 24.3 Å². The number of halogens is 1. The Bertz CT molecular complexity index is 464. The van der Waals surface area contributed by atoms with Crippen LogP contribution in [0.15, 0.2) is 24.3 Å². The molecule has 2 N–H and O–H groups in total. The van der Waals surface area contributed by atoms with E-state index >= 15 is 0 Å². The summed E-state index contributed by atoms with van der Waals surface area (Å²) in [5, 5.41) is 12.8. The molecule has 0 aromatic heterocycles. The van der Waals surface area contributed by atoms with E-state index in [-0.39, 0.29) is 24.3 Å². The summed E-state index contributed by atoms with van der Waals surface area (Å²) in [5.41, 5.74) is 0.378. The number of ether oxygens (including phenoxy) is 1. The van der Waals surface area contributed by atoms with Gasteiger partial charge in [-0.15, -0.1) is 0 Å². The third-order valence-corrected chi connectivity index (χ3v) is 3.49. The highest BCUT2D eigenvalue weighted by Crippen LogP contribution is 2.17. The van der Waals surface area contributed by atoms with E-state index < -0.39 is 12.2 Å². The molecule has 0 saturated carbocycles. The number of nitrogens with zero attached hydrogens (tertiary/aromatic N) is 1. The van der Waals surface area contributed by atoms with Gasteiger partial charge in [0.1, 0.15) is 11.9 Å². The number of aliphatic hydroxyl groups excluding tert-OH is 1. The molecule has 0 bridgehead atoms. The average molecular weight is 282 g/mol. The average Bonchev–Trinajstić information content (AvgIpc) is 2.78. The zero-order valence-corrected chi connectivity index (χ0v) is 11.5. The summed E-state index contributed by atoms with van der Waals surface area (Å²) in [6.07, 6.45) is -1.06. The van der Waals surface area contributed by atoms with E-state index in [0.29, 0.717) is 12.2 Å².